The van der Waals surface area contributed by atoms with Gasteiger partial charge < -0.3 is 0 Å². The highest BCUT2D eigenvalue weighted by Gasteiger charge is 2.16. The van der Waals surface area contributed by atoms with E-state index >= 15 is 0 Å². The van der Waals surface area contributed by atoms with Gasteiger partial charge in [0.25, 0.3) is 0 Å². The fourth-order valence-corrected chi connectivity index (χ4v) is 3.29. The third-order valence-corrected chi connectivity index (χ3v) is 5.29. The average molecular weight is 421 g/mol. The van der Waals surface area contributed by atoms with Gasteiger partial charge in [0.15, 0.2) is 0 Å². The molecule has 2 rings (SSSR count). The van der Waals surface area contributed by atoms with Crippen molar-refractivity contribution >= 4 is 43.5 Å². The maximum Gasteiger partial charge on any atom is 0.128 e. The molecule has 0 heterocycles. The van der Waals surface area contributed by atoms with Crippen molar-refractivity contribution < 1.29 is 4.39 Å². The molecule has 0 aliphatic rings. The molecule has 0 fully saturated rings. The lowest BCUT2D eigenvalue weighted by Crippen LogP contribution is -2.01. The van der Waals surface area contributed by atoms with Crippen molar-refractivity contribution in [2.45, 2.75) is 25.1 Å². The van der Waals surface area contributed by atoms with Crippen LogP contribution in [0.15, 0.2) is 34.8 Å². The van der Waals surface area contributed by atoms with Gasteiger partial charge in [0.2, 0.25) is 0 Å². The Balaban J connectivity index is 2.30. The molecule has 2 aromatic carbocycles. The van der Waals surface area contributed by atoms with E-state index in [0.717, 1.165) is 6.42 Å². The zero-order chi connectivity index (χ0) is 14.9. The lowest BCUT2D eigenvalue weighted by atomic mass is 9.98. The first-order chi connectivity index (χ1) is 9.38. The molecule has 1 unspecified atom stereocenters. The second-order valence-electron chi connectivity index (χ2n) is 4.89. The predicted octanol–water partition coefficient (Wildman–Crippen LogP) is 6.54. The Hall–Kier alpha value is -0.380. The summed E-state index contributed by atoms with van der Waals surface area (Å²) in [6.07, 6.45) is 0.725. The molecule has 1 atom stereocenters. The van der Waals surface area contributed by atoms with Crippen molar-refractivity contribution in [1.82, 2.24) is 0 Å². The van der Waals surface area contributed by atoms with E-state index in [1.54, 1.807) is 6.07 Å². The van der Waals surface area contributed by atoms with Gasteiger partial charge in [0, 0.05) is 14.9 Å². The molecule has 0 amide bonds. The topological polar surface area (TPSA) is 0 Å². The molecule has 0 saturated heterocycles. The van der Waals surface area contributed by atoms with Crippen LogP contribution in [0, 0.1) is 19.7 Å². The Labute approximate surface area is 140 Å². The minimum atomic E-state index is -0.256. The number of rotatable bonds is 3. The Bertz CT molecular complexity index is 641. The lowest BCUT2D eigenvalue weighted by Gasteiger charge is -2.15. The summed E-state index contributed by atoms with van der Waals surface area (Å²) in [5.74, 6) is -0.256. The first kappa shape index (κ1) is 16.0. The molecule has 2 aromatic rings. The Morgan fingerprint density at radius 2 is 1.90 bits per heavy atom. The summed E-state index contributed by atoms with van der Waals surface area (Å²) in [5.41, 5.74) is 4.22. The van der Waals surface area contributed by atoms with Crippen LogP contribution in [0.3, 0.4) is 0 Å². The van der Waals surface area contributed by atoms with Crippen molar-refractivity contribution in [3.8, 4) is 0 Å². The summed E-state index contributed by atoms with van der Waals surface area (Å²) in [4.78, 5) is -0.103. The van der Waals surface area contributed by atoms with Crippen molar-refractivity contribution in [3.05, 3.63) is 67.9 Å². The highest BCUT2D eigenvalue weighted by molar-refractivity contribution is 9.10. The predicted molar refractivity (Wildman–Crippen MR) is 90.4 cm³/mol. The normalized spacial score (nSPS) is 12.5. The van der Waals surface area contributed by atoms with Crippen molar-refractivity contribution in [1.29, 1.82) is 0 Å². The number of hydrogen-bond acceptors (Lipinski definition) is 0. The maximum atomic E-state index is 14.0. The summed E-state index contributed by atoms with van der Waals surface area (Å²) in [6.45, 7) is 4.13. The standard InChI is InChI=1S/C16H14Br2ClF/c1-9-3-4-10(2)11(5-9)6-13(17)12-7-15(19)14(18)8-16(12)20/h3-5,7-8,13H,6H2,1-2H3. The SMILES string of the molecule is Cc1ccc(C)c(CC(Br)c2cc(Cl)c(Br)cc2F)c1. The van der Waals surface area contributed by atoms with Crippen LogP contribution < -0.4 is 0 Å². The van der Waals surface area contributed by atoms with Gasteiger partial charge in [0.05, 0.1) is 5.02 Å². The zero-order valence-electron chi connectivity index (χ0n) is 11.2. The molecular weight excluding hydrogens is 406 g/mol. The van der Waals surface area contributed by atoms with Gasteiger partial charge >= 0.3 is 0 Å². The maximum absolute atomic E-state index is 14.0. The van der Waals surface area contributed by atoms with Crippen molar-refractivity contribution in [2.24, 2.45) is 0 Å². The third-order valence-electron chi connectivity index (χ3n) is 3.28. The van der Waals surface area contributed by atoms with Gasteiger partial charge in [-0.25, -0.2) is 4.39 Å². The van der Waals surface area contributed by atoms with Crippen LogP contribution in [0.1, 0.15) is 27.1 Å². The summed E-state index contributed by atoms with van der Waals surface area (Å²) >= 11 is 12.9. The van der Waals surface area contributed by atoms with Gasteiger partial charge in [-0.05, 0) is 59.5 Å². The van der Waals surface area contributed by atoms with Crippen LogP contribution in [0.25, 0.3) is 0 Å². The van der Waals surface area contributed by atoms with Gasteiger partial charge in [0.1, 0.15) is 5.82 Å². The molecule has 0 aliphatic carbocycles. The van der Waals surface area contributed by atoms with Crippen LogP contribution in [0.4, 0.5) is 4.39 Å². The van der Waals surface area contributed by atoms with Crippen LogP contribution in [0.5, 0.6) is 0 Å². The van der Waals surface area contributed by atoms with E-state index in [-0.39, 0.29) is 10.6 Å². The number of halogens is 4. The second kappa shape index (κ2) is 6.59. The van der Waals surface area contributed by atoms with Crippen LogP contribution in [0.2, 0.25) is 5.02 Å². The second-order valence-corrected chi connectivity index (χ2v) is 7.26. The van der Waals surface area contributed by atoms with Gasteiger partial charge in [-0.15, -0.1) is 0 Å². The minimum Gasteiger partial charge on any atom is -0.207 e. The average Bonchev–Trinajstić information content (AvgIpc) is 2.38. The molecule has 0 aliphatic heterocycles. The number of hydrogen-bond donors (Lipinski definition) is 0. The van der Waals surface area contributed by atoms with E-state index < -0.39 is 0 Å². The molecular formula is C16H14Br2ClF. The zero-order valence-corrected chi connectivity index (χ0v) is 15.1. The van der Waals surface area contributed by atoms with Gasteiger partial charge in [-0.3, -0.25) is 0 Å². The van der Waals surface area contributed by atoms with E-state index in [2.05, 4.69) is 63.9 Å². The molecule has 0 nitrogen and oxygen atoms in total. The fraction of sp³-hybridized carbons (Fsp3) is 0.250. The van der Waals surface area contributed by atoms with Crippen LogP contribution in [-0.2, 0) is 6.42 Å². The monoisotopic (exact) mass is 418 g/mol. The lowest BCUT2D eigenvalue weighted by molar-refractivity contribution is 0.607. The fourth-order valence-electron chi connectivity index (χ4n) is 2.10. The molecule has 0 N–H and O–H groups in total. The third kappa shape index (κ3) is 3.63. The molecule has 0 aromatic heterocycles. The summed E-state index contributed by atoms with van der Waals surface area (Å²) in [6, 6.07) is 9.40. The highest BCUT2D eigenvalue weighted by atomic mass is 79.9. The largest absolute Gasteiger partial charge is 0.207 e. The molecule has 0 spiro atoms. The highest BCUT2D eigenvalue weighted by Crippen LogP contribution is 2.34. The molecule has 0 radical (unpaired) electrons. The number of alkyl halides is 1. The van der Waals surface area contributed by atoms with E-state index in [1.165, 1.54) is 22.8 Å². The summed E-state index contributed by atoms with van der Waals surface area (Å²) in [5, 5.41) is 0.520. The van der Waals surface area contributed by atoms with E-state index in [9.17, 15) is 4.39 Å². The molecule has 0 bridgehead atoms. The van der Waals surface area contributed by atoms with Crippen molar-refractivity contribution in [2.75, 3.05) is 0 Å². The Morgan fingerprint density at radius 1 is 1.20 bits per heavy atom. The molecule has 20 heavy (non-hydrogen) atoms. The molecule has 0 saturated carbocycles. The first-order valence-corrected chi connectivity index (χ1v) is 8.32. The smallest absolute Gasteiger partial charge is 0.128 e. The van der Waals surface area contributed by atoms with E-state index in [0.29, 0.717) is 15.1 Å². The van der Waals surface area contributed by atoms with Gasteiger partial charge in [-0.2, -0.15) is 0 Å². The van der Waals surface area contributed by atoms with Crippen molar-refractivity contribution in [3.63, 3.8) is 0 Å². The molecule has 4 heteroatoms. The summed E-state index contributed by atoms with van der Waals surface area (Å²) < 4.78 is 14.6. The van der Waals surface area contributed by atoms with Gasteiger partial charge in [-0.1, -0.05) is 51.3 Å². The van der Waals surface area contributed by atoms with E-state index in [4.69, 9.17) is 11.6 Å². The number of benzene rings is 2. The Morgan fingerprint density at radius 3 is 2.60 bits per heavy atom. The summed E-state index contributed by atoms with van der Waals surface area (Å²) in [7, 11) is 0. The number of aryl methyl sites for hydroxylation is 2. The van der Waals surface area contributed by atoms with E-state index in [1.807, 2.05) is 0 Å². The first-order valence-electron chi connectivity index (χ1n) is 6.23. The quantitative estimate of drug-likeness (QED) is 0.391. The minimum absolute atomic E-state index is 0.103. The van der Waals surface area contributed by atoms with Crippen LogP contribution in [-0.4, -0.2) is 0 Å². The molecule has 106 valence electrons. The van der Waals surface area contributed by atoms with Crippen LogP contribution >= 0.6 is 43.5 Å². The Kier molecular flexibility index (Phi) is 5.27.